The van der Waals surface area contributed by atoms with E-state index in [1.165, 1.54) is 0 Å². The maximum Gasteiger partial charge on any atom is 0.153 e. The van der Waals surface area contributed by atoms with Crippen molar-refractivity contribution in [1.82, 2.24) is 14.8 Å². The van der Waals surface area contributed by atoms with Crippen LogP contribution in [0.3, 0.4) is 0 Å². The van der Waals surface area contributed by atoms with Crippen LogP contribution in [0.5, 0.6) is 0 Å². The fourth-order valence-electron chi connectivity index (χ4n) is 1.18. The lowest BCUT2D eigenvalue weighted by Crippen LogP contribution is -1.99. The molecule has 2 heterocycles. The van der Waals surface area contributed by atoms with Crippen molar-refractivity contribution in [2.24, 2.45) is 0 Å². The van der Waals surface area contributed by atoms with Crippen LogP contribution in [-0.4, -0.2) is 19.9 Å². The number of aliphatic hydroxyl groups excluding tert-OH is 1. The zero-order chi connectivity index (χ0) is 9.97. The first-order chi connectivity index (χ1) is 6.77. The summed E-state index contributed by atoms with van der Waals surface area (Å²) in [5.41, 5.74) is 0.806. The summed E-state index contributed by atoms with van der Waals surface area (Å²) in [5.74, 6) is 0.749. The molecule has 0 spiro atoms. The molecule has 0 amide bonds. The van der Waals surface area contributed by atoms with Crippen molar-refractivity contribution in [2.75, 3.05) is 0 Å². The molecule has 2 aromatic rings. The van der Waals surface area contributed by atoms with Crippen LogP contribution in [0.1, 0.15) is 18.6 Å². The molecule has 0 aliphatic heterocycles. The lowest BCUT2D eigenvalue weighted by Gasteiger charge is -2.04. The summed E-state index contributed by atoms with van der Waals surface area (Å²) >= 11 is 0. The Balaban J connectivity index is 2.31. The van der Waals surface area contributed by atoms with Gasteiger partial charge in [-0.1, -0.05) is 6.07 Å². The highest BCUT2D eigenvalue weighted by Crippen LogP contribution is 2.11. The van der Waals surface area contributed by atoms with Crippen LogP contribution in [0.4, 0.5) is 0 Å². The molecule has 1 atom stereocenters. The molecule has 0 bridgehead atoms. The molecule has 2 aromatic heterocycles. The topological polar surface area (TPSA) is 50.9 Å². The Morgan fingerprint density at radius 1 is 1.43 bits per heavy atom. The fraction of sp³-hybridized carbons (Fsp3) is 0.200. The van der Waals surface area contributed by atoms with Crippen molar-refractivity contribution in [3.05, 3.63) is 42.4 Å². The van der Waals surface area contributed by atoms with Gasteiger partial charge in [0.25, 0.3) is 0 Å². The molecule has 0 fully saturated rings. The smallest absolute Gasteiger partial charge is 0.153 e. The van der Waals surface area contributed by atoms with Gasteiger partial charge in [-0.25, -0.2) is 9.67 Å². The average molecular weight is 189 g/mol. The summed E-state index contributed by atoms with van der Waals surface area (Å²) < 4.78 is 1.67. The van der Waals surface area contributed by atoms with Crippen molar-refractivity contribution in [3.63, 3.8) is 0 Å². The summed E-state index contributed by atoms with van der Waals surface area (Å²) in [6.45, 7) is 1.71. The van der Waals surface area contributed by atoms with Gasteiger partial charge < -0.3 is 5.11 Å². The van der Waals surface area contributed by atoms with Crippen molar-refractivity contribution in [2.45, 2.75) is 13.0 Å². The van der Waals surface area contributed by atoms with Crippen molar-refractivity contribution >= 4 is 0 Å². The van der Waals surface area contributed by atoms with E-state index in [1.54, 1.807) is 24.0 Å². The molecule has 14 heavy (non-hydrogen) atoms. The predicted octanol–water partition coefficient (Wildman–Crippen LogP) is 1.32. The van der Waals surface area contributed by atoms with Gasteiger partial charge in [-0.05, 0) is 24.6 Å². The quantitative estimate of drug-likeness (QED) is 0.775. The highest BCUT2D eigenvalue weighted by atomic mass is 16.3. The van der Waals surface area contributed by atoms with Crippen molar-refractivity contribution in [1.29, 1.82) is 0 Å². The molecular weight excluding hydrogens is 178 g/mol. The molecule has 0 aromatic carbocycles. The number of hydrogen-bond acceptors (Lipinski definition) is 3. The number of rotatable bonds is 2. The maximum absolute atomic E-state index is 9.28. The third-order valence-electron chi connectivity index (χ3n) is 1.99. The minimum atomic E-state index is -0.478. The maximum atomic E-state index is 9.28. The summed E-state index contributed by atoms with van der Waals surface area (Å²) in [6, 6.07) is 5.51. The van der Waals surface area contributed by atoms with Gasteiger partial charge in [0.05, 0.1) is 6.10 Å². The Labute approximate surface area is 81.8 Å². The van der Waals surface area contributed by atoms with E-state index in [1.807, 2.05) is 24.4 Å². The Hall–Kier alpha value is -1.68. The second-order valence-electron chi connectivity index (χ2n) is 3.08. The number of hydrogen-bond donors (Lipinski definition) is 1. The standard InChI is InChI=1S/C10H11N3O/c1-8(14)9-3-4-10(11-7-9)13-6-2-5-12-13/h2-8,14H,1H3/t8-/m0/s1. The highest BCUT2D eigenvalue weighted by molar-refractivity contribution is 5.25. The van der Waals surface area contributed by atoms with Crippen LogP contribution in [0.2, 0.25) is 0 Å². The van der Waals surface area contributed by atoms with Gasteiger partial charge in [-0.15, -0.1) is 0 Å². The summed E-state index contributed by atoms with van der Waals surface area (Å²) in [7, 11) is 0. The van der Waals surface area contributed by atoms with E-state index in [9.17, 15) is 5.11 Å². The van der Waals surface area contributed by atoms with Gasteiger partial charge in [0.15, 0.2) is 5.82 Å². The van der Waals surface area contributed by atoms with E-state index in [-0.39, 0.29) is 0 Å². The molecule has 4 nitrogen and oxygen atoms in total. The van der Waals surface area contributed by atoms with E-state index >= 15 is 0 Å². The second-order valence-corrected chi connectivity index (χ2v) is 3.08. The summed E-state index contributed by atoms with van der Waals surface area (Å²) in [6.07, 6.45) is 4.70. The lowest BCUT2D eigenvalue weighted by atomic mass is 10.2. The van der Waals surface area contributed by atoms with Crippen LogP contribution in [-0.2, 0) is 0 Å². The van der Waals surface area contributed by atoms with Crippen LogP contribution in [0.15, 0.2) is 36.8 Å². The molecule has 1 N–H and O–H groups in total. The monoisotopic (exact) mass is 189 g/mol. The zero-order valence-electron chi connectivity index (χ0n) is 7.83. The molecule has 2 rings (SSSR count). The molecule has 0 aliphatic rings. The molecule has 0 radical (unpaired) electrons. The largest absolute Gasteiger partial charge is 0.389 e. The Kier molecular flexibility index (Phi) is 2.28. The zero-order valence-corrected chi connectivity index (χ0v) is 7.83. The molecular formula is C10H11N3O. The van der Waals surface area contributed by atoms with Crippen molar-refractivity contribution in [3.8, 4) is 5.82 Å². The van der Waals surface area contributed by atoms with E-state index in [0.717, 1.165) is 11.4 Å². The third kappa shape index (κ3) is 1.65. The summed E-state index contributed by atoms with van der Waals surface area (Å²) in [5, 5.41) is 13.3. The van der Waals surface area contributed by atoms with Gasteiger partial charge in [0.1, 0.15) is 0 Å². The van der Waals surface area contributed by atoms with E-state index in [2.05, 4.69) is 10.1 Å². The van der Waals surface area contributed by atoms with E-state index < -0.39 is 6.10 Å². The number of pyridine rings is 1. The number of aromatic nitrogens is 3. The van der Waals surface area contributed by atoms with Gasteiger partial charge in [0.2, 0.25) is 0 Å². The number of nitrogens with zero attached hydrogens (tertiary/aromatic N) is 3. The molecule has 0 saturated carbocycles. The predicted molar refractivity (Wildman–Crippen MR) is 52.0 cm³/mol. The second kappa shape index (κ2) is 3.59. The van der Waals surface area contributed by atoms with Crippen LogP contribution in [0, 0.1) is 0 Å². The molecule has 0 aliphatic carbocycles. The molecule has 0 unspecified atom stereocenters. The average Bonchev–Trinajstić information content (AvgIpc) is 2.71. The van der Waals surface area contributed by atoms with Crippen LogP contribution >= 0.6 is 0 Å². The first-order valence-electron chi connectivity index (χ1n) is 4.41. The van der Waals surface area contributed by atoms with Gasteiger partial charge in [0, 0.05) is 18.6 Å². The minimum absolute atomic E-state index is 0.478. The normalized spacial score (nSPS) is 12.7. The van der Waals surface area contributed by atoms with Crippen molar-refractivity contribution < 1.29 is 5.11 Å². The Morgan fingerprint density at radius 3 is 2.79 bits per heavy atom. The van der Waals surface area contributed by atoms with Gasteiger partial charge >= 0.3 is 0 Å². The molecule has 0 saturated heterocycles. The Morgan fingerprint density at radius 2 is 2.29 bits per heavy atom. The lowest BCUT2D eigenvalue weighted by molar-refractivity contribution is 0.199. The minimum Gasteiger partial charge on any atom is -0.389 e. The fourth-order valence-corrected chi connectivity index (χ4v) is 1.18. The molecule has 72 valence electrons. The van der Waals surface area contributed by atoms with E-state index in [4.69, 9.17) is 0 Å². The van der Waals surface area contributed by atoms with Crippen LogP contribution in [0.25, 0.3) is 5.82 Å². The third-order valence-corrected chi connectivity index (χ3v) is 1.99. The summed E-state index contributed by atoms with van der Waals surface area (Å²) in [4.78, 5) is 4.18. The van der Waals surface area contributed by atoms with Gasteiger partial charge in [-0.3, -0.25) is 0 Å². The van der Waals surface area contributed by atoms with E-state index in [0.29, 0.717) is 0 Å². The van der Waals surface area contributed by atoms with Crippen LogP contribution < -0.4 is 0 Å². The first-order valence-corrected chi connectivity index (χ1v) is 4.41. The number of aliphatic hydroxyl groups is 1. The SMILES string of the molecule is C[C@H](O)c1ccc(-n2cccn2)nc1. The highest BCUT2D eigenvalue weighted by Gasteiger charge is 2.02. The molecule has 4 heteroatoms. The first kappa shape index (κ1) is 8.90. The van der Waals surface area contributed by atoms with Gasteiger partial charge in [-0.2, -0.15) is 5.10 Å². The Bertz CT molecular complexity index is 392.